The van der Waals surface area contributed by atoms with Crippen molar-refractivity contribution in [3.05, 3.63) is 79.0 Å². The van der Waals surface area contributed by atoms with Crippen LogP contribution in [-0.4, -0.2) is 42.2 Å². The van der Waals surface area contributed by atoms with Crippen molar-refractivity contribution in [3.8, 4) is 5.75 Å². The quantitative estimate of drug-likeness (QED) is 0.515. The van der Waals surface area contributed by atoms with E-state index in [0.717, 1.165) is 48.1 Å². The van der Waals surface area contributed by atoms with E-state index in [2.05, 4.69) is 27.9 Å². The number of ether oxygens (including phenoxy) is 2. The molecule has 1 amide bonds. The van der Waals surface area contributed by atoms with Crippen LogP contribution in [0.4, 0.5) is 10.5 Å². The number of rotatable bonds is 6. The molecule has 4 heterocycles. The van der Waals surface area contributed by atoms with Gasteiger partial charge < -0.3 is 9.47 Å². The Morgan fingerprint density at radius 2 is 2.09 bits per heavy atom. The zero-order valence-corrected chi connectivity index (χ0v) is 18.8. The number of pyridine rings is 1. The van der Waals surface area contributed by atoms with Crippen LogP contribution in [0.15, 0.2) is 73.4 Å². The molecule has 2 aromatic carbocycles. The molecule has 0 radical (unpaired) electrons. The molecule has 5 atom stereocenters. The third-order valence-corrected chi connectivity index (χ3v) is 7.05. The van der Waals surface area contributed by atoms with Crippen LogP contribution in [0.1, 0.15) is 24.5 Å². The maximum Gasteiger partial charge on any atom is 0.412 e. The molecule has 6 rings (SSSR count). The molecule has 3 aliphatic heterocycles. The Morgan fingerprint density at radius 1 is 1.24 bits per heavy atom. The van der Waals surface area contributed by atoms with Gasteiger partial charge in [-0.3, -0.25) is 15.2 Å². The molecule has 3 aliphatic rings. The Kier molecular flexibility index (Phi) is 6.01. The van der Waals surface area contributed by atoms with Gasteiger partial charge in [0.25, 0.3) is 0 Å². The van der Waals surface area contributed by atoms with Gasteiger partial charge >= 0.3 is 6.09 Å². The molecule has 6 nitrogen and oxygen atoms in total. The lowest BCUT2D eigenvalue weighted by Crippen LogP contribution is -2.55. The topological polar surface area (TPSA) is 63.7 Å². The third-order valence-electron chi connectivity index (χ3n) is 7.05. The highest BCUT2D eigenvalue weighted by molar-refractivity contribution is 5.86. The van der Waals surface area contributed by atoms with Gasteiger partial charge in [0.05, 0.1) is 18.7 Å². The fraction of sp³-hybridized carbons (Fsp3) is 0.333. The van der Waals surface area contributed by atoms with E-state index in [1.165, 1.54) is 0 Å². The number of carbonyl (C=O) groups is 1. The number of hydrogen-bond donors (Lipinski definition) is 1. The van der Waals surface area contributed by atoms with Gasteiger partial charge in [-0.1, -0.05) is 24.3 Å². The number of nitrogens with one attached hydrogen (secondary N) is 1. The molecule has 33 heavy (non-hydrogen) atoms. The number of aromatic nitrogens is 1. The van der Waals surface area contributed by atoms with E-state index in [0.29, 0.717) is 17.5 Å². The second-order valence-corrected chi connectivity index (χ2v) is 8.85. The first-order valence-electron chi connectivity index (χ1n) is 11.5. The fourth-order valence-corrected chi connectivity index (χ4v) is 5.35. The fourth-order valence-electron chi connectivity index (χ4n) is 5.35. The first-order chi connectivity index (χ1) is 16.2. The van der Waals surface area contributed by atoms with Gasteiger partial charge in [0, 0.05) is 29.4 Å². The molecule has 0 saturated carbocycles. The van der Waals surface area contributed by atoms with Crippen LogP contribution >= 0.6 is 0 Å². The van der Waals surface area contributed by atoms with Crippen LogP contribution in [0.5, 0.6) is 5.75 Å². The molecule has 1 N–H and O–H groups in total. The van der Waals surface area contributed by atoms with E-state index in [4.69, 9.17) is 9.47 Å². The number of fused-ring (bicyclic) bond motifs is 4. The molecule has 2 bridgehead atoms. The van der Waals surface area contributed by atoms with Crippen LogP contribution in [0.3, 0.4) is 0 Å². The van der Waals surface area contributed by atoms with E-state index >= 15 is 0 Å². The van der Waals surface area contributed by atoms with Crippen LogP contribution in [0.2, 0.25) is 0 Å². The molecule has 3 fully saturated rings. The summed E-state index contributed by atoms with van der Waals surface area (Å²) in [7, 11) is 1.65. The van der Waals surface area contributed by atoms with Crippen LogP contribution in [0.25, 0.3) is 10.9 Å². The highest BCUT2D eigenvalue weighted by Crippen LogP contribution is 2.43. The van der Waals surface area contributed by atoms with Gasteiger partial charge in [0.2, 0.25) is 0 Å². The van der Waals surface area contributed by atoms with Crippen molar-refractivity contribution in [2.24, 2.45) is 11.8 Å². The van der Waals surface area contributed by atoms with E-state index in [1.54, 1.807) is 13.3 Å². The average molecular weight is 444 g/mol. The van der Waals surface area contributed by atoms with Crippen molar-refractivity contribution in [1.82, 2.24) is 9.88 Å². The maximum atomic E-state index is 13.0. The molecular formula is C27H29N3O3. The summed E-state index contributed by atoms with van der Waals surface area (Å²) in [5.41, 5.74) is 2.51. The molecule has 6 heteroatoms. The van der Waals surface area contributed by atoms with Crippen LogP contribution in [-0.2, 0) is 4.74 Å². The molecule has 4 unspecified atom stereocenters. The number of amides is 1. The highest BCUT2D eigenvalue weighted by atomic mass is 16.6. The first kappa shape index (κ1) is 21.5. The van der Waals surface area contributed by atoms with Crippen LogP contribution < -0.4 is 10.1 Å². The predicted octanol–water partition coefficient (Wildman–Crippen LogP) is 5.43. The molecule has 3 aromatic rings. The zero-order valence-electron chi connectivity index (χ0n) is 18.8. The second kappa shape index (κ2) is 9.24. The SMILES string of the molecule is C=CC1CN2CCC1CC2[C@@H](OC(=O)Nc1ccccc1)c1ccnc2ccc(OC)cc12. The van der Waals surface area contributed by atoms with Gasteiger partial charge in [-0.25, -0.2) is 4.79 Å². The van der Waals surface area contributed by atoms with E-state index in [9.17, 15) is 4.79 Å². The number of hydrogen-bond acceptors (Lipinski definition) is 5. The summed E-state index contributed by atoms with van der Waals surface area (Å²) < 4.78 is 11.7. The van der Waals surface area contributed by atoms with Crippen molar-refractivity contribution in [2.75, 3.05) is 25.5 Å². The summed E-state index contributed by atoms with van der Waals surface area (Å²) in [6, 6.07) is 17.3. The second-order valence-electron chi connectivity index (χ2n) is 8.85. The first-order valence-corrected chi connectivity index (χ1v) is 11.5. The molecule has 1 aromatic heterocycles. The summed E-state index contributed by atoms with van der Waals surface area (Å²) >= 11 is 0. The van der Waals surface area contributed by atoms with Gasteiger partial charge in [-0.2, -0.15) is 0 Å². The van der Waals surface area contributed by atoms with Crippen molar-refractivity contribution >= 4 is 22.7 Å². The lowest BCUT2D eigenvalue weighted by molar-refractivity contribution is -0.0473. The normalized spacial score (nSPS) is 24.8. The smallest absolute Gasteiger partial charge is 0.412 e. The molecular weight excluding hydrogens is 414 g/mol. The minimum Gasteiger partial charge on any atom is -0.497 e. The Hall–Kier alpha value is -3.38. The molecule has 3 saturated heterocycles. The van der Waals surface area contributed by atoms with Crippen molar-refractivity contribution < 1.29 is 14.3 Å². The summed E-state index contributed by atoms with van der Waals surface area (Å²) in [5.74, 6) is 1.80. The number of anilines is 1. The monoisotopic (exact) mass is 443 g/mol. The highest BCUT2D eigenvalue weighted by Gasteiger charge is 2.44. The lowest BCUT2D eigenvalue weighted by atomic mass is 9.73. The maximum absolute atomic E-state index is 13.0. The Labute approximate surface area is 194 Å². The van der Waals surface area contributed by atoms with Gasteiger partial charge in [-0.15, -0.1) is 6.58 Å². The number of methoxy groups -OCH3 is 1. The minimum atomic E-state index is -0.457. The number of benzene rings is 2. The van der Waals surface area contributed by atoms with Crippen molar-refractivity contribution in [2.45, 2.75) is 25.0 Å². The van der Waals surface area contributed by atoms with Gasteiger partial charge in [-0.05, 0) is 67.6 Å². The number of para-hydroxylation sites is 1. The average Bonchev–Trinajstić information content (AvgIpc) is 2.87. The largest absolute Gasteiger partial charge is 0.497 e. The Balaban J connectivity index is 1.51. The number of nitrogens with zero attached hydrogens (tertiary/aromatic N) is 2. The van der Waals surface area contributed by atoms with Crippen molar-refractivity contribution in [1.29, 1.82) is 0 Å². The standard InChI is InChI=1S/C27H29N3O3/c1-3-18-17-30-14-12-19(18)15-25(30)26(33-27(31)29-20-7-5-4-6-8-20)22-11-13-28-24-10-9-21(32-2)16-23(22)24/h3-11,13,16,18-19,25-26H,1,12,14-15,17H2,2H3,(H,29,31)/t18?,19?,25?,26-/m0/s1. The minimum absolute atomic E-state index is 0.0956. The zero-order chi connectivity index (χ0) is 22.8. The Bertz CT molecular complexity index is 1150. The lowest BCUT2D eigenvalue weighted by Gasteiger charge is -2.51. The van der Waals surface area contributed by atoms with E-state index in [-0.39, 0.29) is 6.04 Å². The summed E-state index contributed by atoms with van der Waals surface area (Å²) in [4.78, 5) is 20.0. The summed E-state index contributed by atoms with van der Waals surface area (Å²) in [5, 5.41) is 3.82. The van der Waals surface area contributed by atoms with Crippen LogP contribution in [0, 0.1) is 11.8 Å². The molecule has 0 aliphatic carbocycles. The summed E-state index contributed by atoms with van der Waals surface area (Å²) in [6.07, 6.45) is 5.10. The third kappa shape index (κ3) is 4.31. The number of piperidine rings is 3. The Morgan fingerprint density at radius 3 is 2.82 bits per heavy atom. The number of carbonyl (C=O) groups excluding carboxylic acids is 1. The van der Waals surface area contributed by atoms with Crippen molar-refractivity contribution in [3.63, 3.8) is 0 Å². The van der Waals surface area contributed by atoms with Gasteiger partial charge in [0.1, 0.15) is 11.9 Å². The molecule has 0 spiro atoms. The predicted molar refractivity (Wildman–Crippen MR) is 129 cm³/mol. The van der Waals surface area contributed by atoms with E-state index in [1.807, 2.05) is 54.6 Å². The van der Waals surface area contributed by atoms with Gasteiger partial charge in [0.15, 0.2) is 0 Å². The van der Waals surface area contributed by atoms with E-state index < -0.39 is 12.2 Å². The molecule has 170 valence electrons. The summed E-state index contributed by atoms with van der Waals surface area (Å²) in [6.45, 7) is 6.00.